The normalized spacial score (nSPS) is 31.4. The van der Waals surface area contributed by atoms with Gasteiger partial charge in [0.15, 0.2) is 0 Å². The molecule has 0 aromatic carbocycles. The Morgan fingerprint density at radius 3 is 2.71 bits per heavy atom. The maximum Gasteiger partial charge on any atom is 0.0693 e. The third-order valence-corrected chi connectivity index (χ3v) is 3.35. The lowest BCUT2D eigenvalue weighted by atomic mass is 9.98. The molecule has 2 N–H and O–H groups in total. The second-order valence-electron chi connectivity index (χ2n) is 4.56. The molecule has 0 aromatic rings. The first-order valence-electron chi connectivity index (χ1n) is 5.70. The summed E-state index contributed by atoms with van der Waals surface area (Å²) in [5, 5.41) is 13.2. The second-order valence-corrected chi connectivity index (χ2v) is 4.56. The number of hydrogen-bond acceptors (Lipinski definition) is 2. The average Bonchev–Trinajstić information content (AvgIpc) is 2.52. The number of rotatable bonds is 5. The van der Waals surface area contributed by atoms with Gasteiger partial charge in [-0.25, -0.2) is 0 Å². The number of aliphatic hydroxyl groups is 1. The smallest absolute Gasteiger partial charge is 0.0693 e. The van der Waals surface area contributed by atoms with Crippen LogP contribution in [0.5, 0.6) is 0 Å². The van der Waals surface area contributed by atoms with Crippen molar-refractivity contribution in [3.63, 3.8) is 0 Å². The predicted octanol–water partition coefficient (Wildman–Crippen LogP) is 2.09. The van der Waals surface area contributed by atoms with E-state index in [1.54, 1.807) is 0 Å². The van der Waals surface area contributed by atoms with E-state index in [1.165, 1.54) is 0 Å². The standard InChI is InChI=1S/C12H23NO/c1-4-6-9(2)10(3)13-11-7-5-8-12(11)14/h4,9-14H,1,5-8H2,2-3H3. The zero-order valence-corrected chi connectivity index (χ0v) is 9.37. The first-order valence-corrected chi connectivity index (χ1v) is 5.70. The Balaban J connectivity index is 2.31. The van der Waals surface area contributed by atoms with Crippen LogP contribution in [-0.4, -0.2) is 23.3 Å². The van der Waals surface area contributed by atoms with E-state index in [2.05, 4.69) is 25.7 Å². The molecule has 2 nitrogen and oxygen atoms in total. The minimum absolute atomic E-state index is 0.131. The van der Waals surface area contributed by atoms with Crippen molar-refractivity contribution < 1.29 is 5.11 Å². The van der Waals surface area contributed by atoms with Gasteiger partial charge in [-0.05, 0) is 38.5 Å². The predicted molar refractivity (Wildman–Crippen MR) is 60.2 cm³/mol. The van der Waals surface area contributed by atoms with E-state index in [0.29, 0.717) is 18.0 Å². The quantitative estimate of drug-likeness (QED) is 0.661. The van der Waals surface area contributed by atoms with E-state index in [4.69, 9.17) is 0 Å². The van der Waals surface area contributed by atoms with Crippen molar-refractivity contribution in [3.05, 3.63) is 12.7 Å². The van der Waals surface area contributed by atoms with Gasteiger partial charge >= 0.3 is 0 Å². The molecule has 0 aliphatic heterocycles. The third kappa shape index (κ3) is 3.10. The fraction of sp³-hybridized carbons (Fsp3) is 0.833. The molecule has 1 fully saturated rings. The number of aliphatic hydroxyl groups excluding tert-OH is 1. The largest absolute Gasteiger partial charge is 0.392 e. The summed E-state index contributed by atoms with van der Waals surface area (Å²) in [6, 6.07) is 0.781. The number of allylic oxidation sites excluding steroid dienone is 1. The molecule has 1 aliphatic carbocycles. The van der Waals surface area contributed by atoms with Gasteiger partial charge in [0.2, 0.25) is 0 Å². The molecule has 82 valence electrons. The Bertz CT molecular complexity index is 181. The van der Waals surface area contributed by atoms with Crippen LogP contribution in [0, 0.1) is 5.92 Å². The number of hydrogen-bond donors (Lipinski definition) is 2. The second kappa shape index (κ2) is 5.52. The van der Waals surface area contributed by atoms with Crippen LogP contribution in [0.15, 0.2) is 12.7 Å². The summed E-state index contributed by atoms with van der Waals surface area (Å²) >= 11 is 0. The fourth-order valence-corrected chi connectivity index (χ4v) is 2.10. The van der Waals surface area contributed by atoms with Crippen LogP contribution >= 0.6 is 0 Å². The molecule has 14 heavy (non-hydrogen) atoms. The Labute approximate surface area is 87.4 Å². The summed E-state index contributed by atoms with van der Waals surface area (Å²) < 4.78 is 0. The molecule has 1 rings (SSSR count). The summed E-state index contributed by atoms with van der Waals surface area (Å²) in [4.78, 5) is 0. The van der Waals surface area contributed by atoms with Gasteiger partial charge in [-0.1, -0.05) is 13.0 Å². The van der Waals surface area contributed by atoms with E-state index in [1.807, 2.05) is 6.08 Å². The summed E-state index contributed by atoms with van der Waals surface area (Å²) in [7, 11) is 0. The molecule has 1 aliphatic rings. The van der Waals surface area contributed by atoms with Gasteiger partial charge in [-0.15, -0.1) is 6.58 Å². The van der Waals surface area contributed by atoms with E-state index in [-0.39, 0.29) is 6.10 Å². The maximum atomic E-state index is 9.67. The van der Waals surface area contributed by atoms with Crippen LogP contribution in [0.4, 0.5) is 0 Å². The van der Waals surface area contributed by atoms with Gasteiger partial charge in [-0.3, -0.25) is 0 Å². The first-order chi connectivity index (χ1) is 6.65. The highest BCUT2D eigenvalue weighted by Crippen LogP contribution is 2.20. The van der Waals surface area contributed by atoms with Gasteiger partial charge in [0.05, 0.1) is 6.10 Å². The molecule has 1 saturated carbocycles. The highest BCUT2D eigenvalue weighted by molar-refractivity contribution is 4.86. The van der Waals surface area contributed by atoms with Crippen molar-refractivity contribution in [2.24, 2.45) is 5.92 Å². The summed E-state index contributed by atoms with van der Waals surface area (Å²) in [6.45, 7) is 8.17. The molecule has 0 amide bonds. The van der Waals surface area contributed by atoms with Gasteiger partial charge in [0.25, 0.3) is 0 Å². The summed E-state index contributed by atoms with van der Waals surface area (Å²) in [5.41, 5.74) is 0. The van der Waals surface area contributed by atoms with Gasteiger partial charge < -0.3 is 10.4 Å². The monoisotopic (exact) mass is 197 g/mol. The zero-order chi connectivity index (χ0) is 10.6. The Morgan fingerprint density at radius 1 is 1.50 bits per heavy atom. The van der Waals surface area contributed by atoms with Crippen molar-refractivity contribution in [2.75, 3.05) is 0 Å². The fourth-order valence-electron chi connectivity index (χ4n) is 2.10. The summed E-state index contributed by atoms with van der Waals surface area (Å²) in [6.07, 6.45) is 6.10. The zero-order valence-electron chi connectivity index (χ0n) is 9.37. The van der Waals surface area contributed by atoms with Crippen molar-refractivity contribution in [2.45, 2.75) is 57.7 Å². The molecule has 0 heterocycles. The Kier molecular flexibility index (Phi) is 4.63. The van der Waals surface area contributed by atoms with Gasteiger partial charge in [-0.2, -0.15) is 0 Å². The van der Waals surface area contributed by atoms with Crippen molar-refractivity contribution in [1.29, 1.82) is 0 Å². The third-order valence-electron chi connectivity index (χ3n) is 3.35. The van der Waals surface area contributed by atoms with Crippen molar-refractivity contribution in [3.8, 4) is 0 Å². The first kappa shape index (κ1) is 11.7. The molecule has 4 atom stereocenters. The number of nitrogens with one attached hydrogen (secondary N) is 1. The molecular weight excluding hydrogens is 174 g/mol. The van der Waals surface area contributed by atoms with Crippen LogP contribution in [0.25, 0.3) is 0 Å². The molecule has 0 spiro atoms. The topological polar surface area (TPSA) is 32.3 Å². The lowest BCUT2D eigenvalue weighted by molar-refractivity contribution is 0.139. The van der Waals surface area contributed by atoms with Crippen molar-refractivity contribution >= 4 is 0 Å². The lowest BCUT2D eigenvalue weighted by Crippen LogP contribution is -2.43. The van der Waals surface area contributed by atoms with E-state index >= 15 is 0 Å². The molecule has 2 heteroatoms. The Morgan fingerprint density at radius 2 is 2.21 bits per heavy atom. The molecule has 0 saturated heterocycles. The molecule has 0 aromatic heterocycles. The lowest BCUT2D eigenvalue weighted by Gasteiger charge is -2.26. The highest BCUT2D eigenvalue weighted by Gasteiger charge is 2.26. The van der Waals surface area contributed by atoms with E-state index in [9.17, 15) is 5.11 Å². The maximum absolute atomic E-state index is 9.67. The van der Waals surface area contributed by atoms with Crippen LogP contribution in [-0.2, 0) is 0 Å². The molecule has 0 radical (unpaired) electrons. The van der Waals surface area contributed by atoms with Crippen LogP contribution in [0.2, 0.25) is 0 Å². The SMILES string of the molecule is C=CCC(C)C(C)NC1CCCC1O. The van der Waals surface area contributed by atoms with Crippen LogP contribution < -0.4 is 5.32 Å². The molecular formula is C12H23NO. The van der Waals surface area contributed by atoms with Gasteiger partial charge in [0.1, 0.15) is 0 Å². The van der Waals surface area contributed by atoms with E-state index < -0.39 is 0 Å². The minimum atomic E-state index is -0.131. The van der Waals surface area contributed by atoms with Crippen molar-refractivity contribution in [1.82, 2.24) is 5.32 Å². The highest BCUT2D eigenvalue weighted by atomic mass is 16.3. The van der Waals surface area contributed by atoms with E-state index in [0.717, 1.165) is 25.7 Å². The van der Waals surface area contributed by atoms with Crippen LogP contribution in [0.3, 0.4) is 0 Å². The Hall–Kier alpha value is -0.340. The van der Waals surface area contributed by atoms with Gasteiger partial charge in [0, 0.05) is 12.1 Å². The van der Waals surface area contributed by atoms with Crippen LogP contribution in [0.1, 0.15) is 39.5 Å². The summed E-state index contributed by atoms with van der Waals surface area (Å²) in [5.74, 6) is 0.597. The molecule has 0 bridgehead atoms. The molecule has 4 unspecified atom stereocenters. The minimum Gasteiger partial charge on any atom is -0.392 e. The average molecular weight is 197 g/mol.